The number of aromatic amines is 1. The van der Waals surface area contributed by atoms with Crippen LogP contribution in [0.2, 0.25) is 0 Å². The standard InChI is InChI=1S/C23H27N3O/c1-17(2)16-27-22-11-7-6-10-19(22)23-20-15-26(13-12-21(20)24-25-23)14-18-8-4-3-5-9-18/h3-11,17H,12-16H2,1-2H3,(H,24,25). The average Bonchev–Trinajstić information content (AvgIpc) is 3.10. The molecule has 4 nitrogen and oxygen atoms in total. The molecule has 2 heterocycles. The summed E-state index contributed by atoms with van der Waals surface area (Å²) in [4.78, 5) is 2.49. The first kappa shape index (κ1) is 17.8. The van der Waals surface area contributed by atoms with Crippen LogP contribution in [-0.2, 0) is 19.5 Å². The summed E-state index contributed by atoms with van der Waals surface area (Å²) in [6.45, 7) is 7.98. The lowest BCUT2D eigenvalue weighted by Crippen LogP contribution is -2.30. The monoisotopic (exact) mass is 361 g/mol. The quantitative estimate of drug-likeness (QED) is 0.694. The highest BCUT2D eigenvalue weighted by atomic mass is 16.5. The van der Waals surface area contributed by atoms with Gasteiger partial charge in [0, 0.05) is 42.9 Å². The van der Waals surface area contributed by atoms with Gasteiger partial charge >= 0.3 is 0 Å². The summed E-state index contributed by atoms with van der Waals surface area (Å²) in [7, 11) is 0. The van der Waals surface area contributed by atoms with E-state index in [1.807, 2.05) is 12.1 Å². The summed E-state index contributed by atoms with van der Waals surface area (Å²) in [5.74, 6) is 1.41. The molecule has 1 aliphatic rings. The molecule has 0 aliphatic carbocycles. The fourth-order valence-corrected chi connectivity index (χ4v) is 3.59. The number of rotatable bonds is 6. The third-order valence-electron chi connectivity index (χ3n) is 4.98. The maximum Gasteiger partial charge on any atom is 0.128 e. The van der Waals surface area contributed by atoms with E-state index in [2.05, 4.69) is 71.4 Å². The van der Waals surface area contributed by atoms with Gasteiger partial charge in [-0.15, -0.1) is 0 Å². The van der Waals surface area contributed by atoms with Gasteiger partial charge in [0.25, 0.3) is 0 Å². The van der Waals surface area contributed by atoms with Crippen LogP contribution in [0.3, 0.4) is 0 Å². The first-order valence-corrected chi connectivity index (χ1v) is 9.75. The van der Waals surface area contributed by atoms with E-state index in [-0.39, 0.29) is 0 Å². The molecule has 0 atom stereocenters. The molecule has 0 fully saturated rings. The normalized spacial score (nSPS) is 14.3. The van der Waals surface area contributed by atoms with Gasteiger partial charge in [0.05, 0.1) is 6.61 Å². The largest absolute Gasteiger partial charge is 0.493 e. The zero-order valence-electron chi connectivity index (χ0n) is 16.1. The summed E-state index contributed by atoms with van der Waals surface area (Å²) >= 11 is 0. The van der Waals surface area contributed by atoms with Crippen LogP contribution in [0.1, 0.15) is 30.7 Å². The minimum Gasteiger partial charge on any atom is -0.493 e. The zero-order valence-corrected chi connectivity index (χ0v) is 16.1. The molecule has 0 saturated carbocycles. The zero-order chi connectivity index (χ0) is 18.6. The van der Waals surface area contributed by atoms with Crippen molar-refractivity contribution in [3.8, 4) is 17.0 Å². The third kappa shape index (κ3) is 4.06. The van der Waals surface area contributed by atoms with Gasteiger partial charge in [-0.05, 0) is 23.6 Å². The number of nitrogens with zero attached hydrogens (tertiary/aromatic N) is 2. The summed E-state index contributed by atoms with van der Waals surface area (Å²) in [5, 5.41) is 7.93. The molecule has 4 rings (SSSR count). The second kappa shape index (κ2) is 7.97. The Labute approximate surface area is 161 Å². The van der Waals surface area contributed by atoms with Gasteiger partial charge in [-0.3, -0.25) is 10.00 Å². The van der Waals surface area contributed by atoms with Gasteiger partial charge in [0.1, 0.15) is 11.4 Å². The van der Waals surface area contributed by atoms with E-state index in [4.69, 9.17) is 4.74 Å². The molecule has 1 aliphatic heterocycles. The number of nitrogens with one attached hydrogen (secondary N) is 1. The van der Waals surface area contributed by atoms with Crippen LogP contribution in [0, 0.1) is 5.92 Å². The Kier molecular flexibility index (Phi) is 5.26. The van der Waals surface area contributed by atoms with Gasteiger partial charge in [0.15, 0.2) is 0 Å². The molecule has 2 aromatic carbocycles. The van der Waals surface area contributed by atoms with E-state index in [1.54, 1.807) is 0 Å². The SMILES string of the molecule is CC(C)COc1ccccc1-c1n[nH]c2c1CN(Cc1ccccc1)CC2. The summed E-state index contributed by atoms with van der Waals surface area (Å²) in [6, 6.07) is 18.9. The lowest BCUT2D eigenvalue weighted by Gasteiger charge is -2.27. The summed E-state index contributed by atoms with van der Waals surface area (Å²) < 4.78 is 6.07. The van der Waals surface area contributed by atoms with Crippen molar-refractivity contribution >= 4 is 0 Å². The minimum atomic E-state index is 0.493. The van der Waals surface area contributed by atoms with Crippen LogP contribution >= 0.6 is 0 Å². The van der Waals surface area contributed by atoms with Crippen LogP contribution in [0.25, 0.3) is 11.3 Å². The van der Waals surface area contributed by atoms with E-state index >= 15 is 0 Å². The summed E-state index contributed by atoms with van der Waals surface area (Å²) in [5.41, 5.74) is 6.02. The van der Waals surface area contributed by atoms with Crippen LogP contribution in [-0.4, -0.2) is 28.2 Å². The van der Waals surface area contributed by atoms with E-state index in [9.17, 15) is 0 Å². The molecule has 27 heavy (non-hydrogen) atoms. The summed E-state index contributed by atoms with van der Waals surface area (Å²) in [6.07, 6.45) is 1.00. The van der Waals surface area contributed by atoms with Gasteiger partial charge in [0.2, 0.25) is 0 Å². The molecule has 0 radical (unpaired) electrons. The maximum atomic E-state index is 6.07. The number of hydrogen-bond acceptors (Lipinski definition) is 3. The topological polar surface area (TPSA) is 41.1 Å². The molecule has 0 saturated heterocycles. The Balaban J connectivity index is 1.58. The highest BCUT2D eigenvalue weighted by Gasteiger charge is 2.24. The predicted molar refractivity (Wildman–Crippen MR) is 109 cm³/mol. The van der Waals surface area contributed by atoms with Crippen molar-refractivity contribution in [2.75, 3.05) is 13.2 Å². The molecule has 140 valence electrons. The van der Waals surface area contributed by atoms with Crippen molar-refractivity contribution in [1.82, 2.24) is 15.1 Å². The molecular formula is C23H27N3O. The van der Waals surface area contributed by atoms with Crippen molar-refractivity contribution in [2.45, 2.75) is 33.4 Å². The number of fused-ring (bicyclic) bond motifs is 1. The number of ether oxygens (including phenoxy) is 1. The highest BCUT2D eigenvalue weighted by molar-refractivity contribution is 5.70. The number of benzene rings is 2. The molecule has 0 spiro atoms. The van der Waals surface area contributed by atoms with Gasteiger partial charge < -0.3 is 4.74 Å². The van der Waals surface area contributed by atoms with Crippen LogP contribution < -0.4 is 4.74 Å². The smallest absolute Gasteiger partial charge is 0.128 e. The Morgan fingerprint density at radius 3 is 2.67 bits per heavy atom. The van der Waals surface area contributed by atoms with Crippen molar-refractivity contribution in [3.05, 3.63) is 71.4 Å². The van der Waals surface area contributed by atoms with E-state index in [1.165, 1.54) is 16.8 Å². The molecule has 3 aromatic rings. The van der Waals surface area contributed by atoms with Gasteiger partial charge in [-0.2, -0.15) is 5.10 Å². The molecule has 1 N–H and O–H groups in total. The highest BCUT2D eigenvalue weighted by Crippen LogP contribution is 2.34. The van der Waals surface area contributed by atoms with Gasteiger partial charge in [-0.1, -0.05) is 56.3 Å². The van der Waals surface area contributed by atoms with Crippen LogP contribution in [0.4, 0.5) is 0 Å². The van der Waals surface area contributed by atoms with Crippen molar-refractivity contribution in [2.24, 2.45) is 5.92 Å². The molecule has 0 unspecified atom stereocenters. The predicted octanol–water partition coefficient (Wildman–Crippen LogP) is 4.67. The Bertz CT molecular complexity index is 886. The lowest BCUT2D eigenvalue weighted by atomic mass is 10.00. The van der Waals surface area contributed by atoms with Crippen molar-refractivity contribution < 1.29 is 4.74 Å². The number of hydrogen-bond donors (Lipinski definition) is 1. The molecular weight excluding hydrogens is 334 g/mol. The first-order valence-electron chi connectivity index (χ1n) is 9.75. The number of H-pyrrole nitrogens is 1. The van der Waals surface area contributed by atoms with E-state index < -0.39 is 0 Å². The minimum absolute atomic E-state index is 0.493. The molecule has 0 bridgehead atoms. The molecule has 4 heteroatoms. The maximum absolute atomic E-state index is 6.07. The Morgan fingerprint density at radius 2 is 1.85 bits per heavy atom. The molecule has 0 amide bonds. The lowest BCUT2D eigenvalue weighted by molar-refractivity contribution is 0.245. The van der Waals surface area contributed by atoms with E-state index in [0.29, 0.717) is 12.5 Å². The van der Waals surface area contributed by atoms with Gasteiger partial charge in [-0.25, -0.2) is 0 Å². The number of para-hydroxylation sites is 1. The van der Waals surface area contributed by atoms with E-state index in [0.717, 1.165) is 43.1 Å². The molecule has 1 aromatic heterocycles. The van der Waals surface area contributed by atoms with Crippen LogP contribution in [0.5, 0.6) is 5.75 Å². The van der Waals surface area contributed by atoms with Crippen LogP contribution in [0.15, 0.2) is 54.6 Å². The second-order valence-corrected chi connectivity index (χ2v) is 7.68. The number of aromatic nitrogens is 2. The Morgan fingerprint density at radius 1 is 1.07 bits per heavy atom. The van der Waals surface area contributed by atoms with Crippen molar-refractivity contribution in [1.29, 1.82) is 0 Å². The van der Waals surface area contributed by atoms with Crippen molar-refractivity contribution in [3.63, 3.8) is 0 Å². The fourth-order valence-electron chi connectivity index (χ4n) is 3.59. The Hall–Kier alpha value is -2.59. The first-order chi connectivity index (χ1) is 13.2. The second-order valence-electron chi connectivity index (χ2n) is 7.68. The average molecular weight is 361 g/mol. The third-order valence-corrected chi connectivity index (χ3v) is 4.98. The fraction of sp³-hybridized carbons (Fsp3) is 0.348.